The van der Waals surface area contributed by atoms with Crippen LogP contribution in [0.5, 0.6) is 0 Å². The Bertz CT molecular complexity index is 391. The van der Waals surface area contributed by atoms with E-state index in [9.17, 15) is 4.79 Å². The summed E-state index contributed by atoms with van der Waals surface area (Å²) >= 11 is 1.67. The molecule has 1 aliphatic heterocycles. The highest BCUT2D eigenvalue weighted by Crippen LogP contribution is 2.15. The van der Waals surface area contributed by atoms with E-state index < -0.39 is 0 Å². The van der Waals surface area contributed by atoms with E-state index >= 15 is 0 Å². The fourth-order valence-corrected chi connectivity index (χ4v) is 2.85. The van der Waals surface area contributed by atoms with Crippen LogP contribution in [0.3, 0.4) is 0 Å². The zero-order chi connectivity index (χ0) is 12.3. The number of nitrogens with zero attached hydrogens (tertiary/aromatic N) is 1. The molecule has 1 aliphatic rings. The maximum Gasteiger partial charge on any atom is 0.237 e. The number of carbonyl (C=O) groups is 1. The normalized spacial score (nSPS) is 23.9. The van der Waals surface area contributed by atoms with Gasteiger partial charge in [-0.2, -0.15) is 0 Å². The first-order valence-corrected chi connectivity index (χ1v) is 6.97. The van der Waals surface area contributed by atoms with Crippen LogP contribution < -0.4 is 10.6 Å². The molecule has 2 rings (SSSR count). The molecule has 2 unspecified atom stereocenters. The minimum absolute atomic E-state index is 0.0272. The second kappa shape index (κ2) is 5.60. The van der Waals surface area contributed by atoms with E-state index in [4.69, 9.17) is 0 Å². The Morgan fingerprint density at radius 1 is 1.71 bits per heavy atom. The van der Waals surface area contributed by atoms with Crippen molar-refractivity contribution in [3.05, 3.63) is 16.1 Å². The molecule has 1 fully saturated rings. The third-order valence-electron chi connectivity index (χ3n) is 3.18. The first-order valence-electron chi connectivity index (χ1n) is 6.15. The van der Waals surface area contributed by atoms with Crippen molar-refractivity contribution in [3.8, 4) is 0 Å². The summed E-state index contributed by atoms with van der Waals surface area (Å²) in [5.41, 5.74) is 0. The minimum Gasteiger partial charge on any atom is -0.348 e. The Balaban J connectivity index is 1.83. The summed E-state index contributed by atoms with van der Waals surface area (Å²) in [6.45, 7) is 5.72. The quantitative estimate of drug-likeness (QED) is 0.851. The van der Waals surface area contributed by atoms with Gasteiger partial charge in [-0.15, -0.1) is 11.3 Å². The lowest BCUT2D eigenvalue weighted by Gasteiger charge is -2.14. The number of rotatable bonds is 4. The molecule has 5 heteroatoms. The van der Waals surface area contributed by atoms with Gasteiger partial charge in [-0.05, 0) is 25.3 Å². The van der Waals surface area contributed by atoms with Crippen molar-refractivity contribution in [1.29, 1.82) is 0 Å². The monoisotopic (exact) mass is 253 g/mol. The number of amides is 1. The van der Waals surface area contributed by atoms with E-state index in [-0.39, 0.29) is 11.9 Å². The molecule has 2 N–H and O–H groups in total. The van der Waals surface area contributed by atoms with Crippen molar-refractivity contribution in [1.82, 2.24) is 15.6 Å². The Morgan fingerprint density at radius 3 is 3.12 bits per heavy atom. The van der Waals surface area contributed by atoms with E-state index in [1.807, 2.05) is 6.20 Å². The topological polar surface area (TPSA) is 54.0 Å². The number of nitrogens with one attached hydrogen (secondary N) is 2. The van der Waals surface area contributed by atoms with Crippen LogP contribution in [0.25, 0.3) is 0 Å². The molecule has 0 spiro atoms. The minimum atomic E-state index is -0.0272. The molecule has 0 saturated carbocycles. The van der Waals surface area contributed by atoms with Crippen molar-refractivity contribution in [3.63, 3.8) is 0 Å². The lowest BCUT2D eigenvalue weighted by Crippen LogP contribution is -2.42. The summed E-state index contributed by atoms with van der Waals surface area (Å²) in [4.78, 5) is 17.5. The van der Waals surface area contributed by atoms with E-state index in [0.29, 0.717) is 12.5 Å². The van der Waals surface area contributed by atoms with Crippen molar-refractivity contribution in [2.45, 2.75) is 39.3 Å². The molecule has 1 aromatic rings. The summed E-state index contributed by atoms with van der Waals surface area (Å²) in [6, 6.07) is -0.0272. The molecule has 1 saturated heterocycles. The summed E-state index contributed by atoms with van der Waals surface area (Å²) in [7, 11) is 0. The van der Waals surface area contributed by atoms with E-state index in [2.05, 4.69) is 29.5 Å². The molecule has 0 aromatic carbocycles. The molecular weight excluding hydrogens is 234 g/mol. The van der Waals surface area contributed by atoms with Crippen LogP contribution in [0, 0.1) is 5.92 Å². The molecule has 2 heterocycles. The predicted molar refractivity (Wildman–Crippen MR) is 68.9 cm³/mol. The summed E-state index contributed by atoms with van der Waals surface area (Å²) in [6.07, 6.45) is 3.98. The molecule has 0 bridgehead atoms. The summed E-state index contributed by atoms with van der Waals surface area (Å²) < 4.78 is 0. The second-order valence-electron chi connectivity index (χ2n) is 4.49. The van der Waals surface area contributed by atoms with Crippen LogP contribution in [-0.4, -0.2) is 23.5 Å². The molecule has 0 aliphatic carbocycles. The fourth-order valence-electron chi connectivity index (χ4n) is 2.05. The van der Waals surface area contributed by atoms with Crippen LogP contribution in [-0.2, 0) is 17.8 Å². The maximum atomic E-state index is 11.9. The van der Waals surface area contributed by atoms with Gasteiger partial charge in [0.25, 0.3) is 0 Å². The van der Waals surface area contributed by atoms with Gasteiger partial charge in [-0.25, -0.2) is 4.98 Å². The number of aromatic nitrogens is 1. The second-order valence-corrected chi connectivity index (χ2v) is 5.69. The van der Waals surface area contributed by atoms with Crippen LogP contribution in [0.4, 0.5) is 0 Å². The number of carbonyl (C=O) groups excluding carboxylic acids is 1. The van der Waals surface area contributed by atoms with Crippen molar-refractivity contribution < 1.29 is 4.79 Å². The lowest BCUT2D eigenvalue weighted by molar-refractivity contribution is -0.123. The zero-order valence-corrected chi connectivity index (χ0v) is 11.1. The number of aryl methyl sites for hydroxylation is 1. The highest BCUT2D eigenvalue weighted by Gasteiger charge is 2.28. The lowest BCUT2D eigenvalue weighted by atomic mass is 10.0. The Labute approximate surface area is 106 Å². The smallest absolute Gasteiger partial charge is 0.237 e. The third-order valence-corrected chi connectivity index (χ3v) is 4.32. The number of thiazole rings is 1. The van der Waals surface area contributed by atoms with E-state index in [1.165, 1.54) is 4.88 Å². The molecule has 0 radical (unpaired) electrons. The van der Waals surface area contributed by atoms with Crippen LogP contribution in [0.15, 0.2) is 6.20 Å². The van der Waals surface area contributed by atoms with E-state index in [1.54, 1.807) is 11.3 Å². The van der Waals surface area contributed by atoms with Gasteiger partial charge in [0.15, 0.2) is 0 Å². The fraction of sp³-hybridized carbons (Fsp3) is 0.667. The molecule has 1 amide bonds. The van der Waals surface area contributed by atoms with E-state index in [0.717, 1.165) is 24.4 Å². The standard InChI is InChI=1S/C12H19N3OS/c1-3-9-6-14-10(17-9)7-15-12(16)11-8(2)4-5-13-11/h6,8,11,13H,3-5,7H2,1-2H3,(H,15,16). The van der Waals surface area contributed by atoms with Crippen LogP contribution in [0.2, 0.25) is 0 Å². The van der Waals surface area contributed by atoms with Gasteiger partial charge in [-0.3, -0.25) is 4.79 Å². The maximum absolute atomic E-state index is 11.9. The number of hydrogen-bond donors (Lipinski definition) is 2. The molecular formula is C12H19N3OS. The van der Waals surface area contributed by atoms with Gasteiger partial charge in [-0.1, -0.05) is 13.8 Å². The Morgan fingerprint density at radius 2 is 2.53 bits per heavy atom. The van der Waals surface area contributed by atoms with Crippen LogP contribution >= 0.6 is 11.3 Å². The van der Waals surface area contributed by atoms with Gasteiger partial charge < -0.3 is 10.6 Å². The van der Waals surface area contributed by atoms with Crippen LogP contribution in [0.1, 0.15) is 30.2 Å². The molecule has 1 aromatic heterocycles. The zero-order valence-electron chi connectivity index (χ0n) is 10.3. The Hall–Kier alpha value is -0.940. The SMILES string of the molecule is CCc1cnc(CNC(=O)C2NCCC2C)s1. The molecule has 94 valence electrons. The molecule has 2 atom stereocenters. The Kier molecular flexibility index (Phi) is 4.12. The number of hydrogen-bond acceptors (Lipinski definition) is 4. The first-order chi connectivity index (χ1) is 8.20. The highest BCUT2D eigenvalue weighted by atomic mass is 32.1. The van der Waals surface area contributed by atoms with Crippen molar-refractivity contribution >= 4 is 17.2 Å². The van der Waals surface area contributed by atoms with Crippen molar-refractivity contribution in [2.24, 2.45) is 5.92 Å². The van der Waals surface area contributed by atoms with Gasteiger partial charge in [0.2, 0.25) is 5.91 Å². The average molecular weight is 253 g/mol. The third kappa shape index (κ3) is 3.04. The predicted octanol–water partition coefficient (Wildman–Crippen LogP) is 1.32. The van der Waals surface area contributed by atoms with Gasteiger partial charge in [0.05, 0.1) is 12.6 Å². The van der Waals surface area contributed by atoms with Gasteiger partial charge >= 0.3 is 0 Å². The first kappa shape index (κ1) is 12.5. The summed E-state index contributed by atoms with van der Waals surface area (Å²) in [5, 5.41) is 7.17. The average Bonchev–Trinajstić information content (AvgIpc) is 2.94. The summed E-state index contributed by atoms with van der Waals surface area (Å²) in [5.74, 6) is 0.528. The van der Waals surface area contributed by atoms with Crippen molar-refractivity contribution in [2.75, 3.05) is 6.54 Å². The highest BCUT2D eigenvalue weighted by molar-refractivity contribution is 7.11. The molecule has 4 nitrogen and oxygen atoms in total. The van der Waals surface area contributed by atoms with Gasteiger partial charge in [0.1, 0.15) is 5.01 Å². The molecule has 17 heavy (non-hydrogen) atoms. The largest absolute Gasteiger partial charge is 0.348 e. The van der Waals surface area contributed by atoms with Gasteiger partial charge in [0, 0.05) is 11.1 Å².